The van der Waals surface area contributed by atoms with Gasteiger partial charge in [0.1, 0.15) is 11.3 Å². The molecule has 31 heavy (non-hydrogen) atoms. The number of benzene rings is 2. The van der Waals surface area contributed by atoms with Crippen molar-refractivity contribution in [2.24, 2.45) is 5.10 Å². The van der Waals surface area contributed by atoms with Crippen LogP contribution in [0.3, 0.4) is 0 Å². The highest BCUT2D eigenvalue weighted by Crippen LogP contribution is 2.25. The summed E-state index contributed by atoms with van der Waals surface area (Å²) < 4.78 is 7.04. The topological polar surface area (TPSA) is 72.7 Å². The van der Waals surface area contributed by atoms with E-state index in [9.17, 15) is 9.59 Å². The van der Waals surface area contributed by atoms with Gasteiger partial charge in [0, 0.05) is 11.2 Å². The number of pyridine rings is 1. The Morgan fingerprint density at radius 3 is 2.58 bits per heavy atom. The summed E-state index contributed by atoms with van der Waals surface area (Å²) in [5, 5.41) is 4.99. The van der Waals surface area contributed by atoms with Crippen LogP contribution in [0.1, 0.15) is 35.3 Å². The van der Waals surface area contributed by atoms with Crippen molar-refractivity contribution in [1.29, 1.82) is 0 Å². The summed E-state index contributed by atoms with van der Waals surface area (Å²) in [5.41, 5.74) is 3.53. The maximum atomic E-state index is 12.7. The Morgan fingerprint density at radius 2 is 1.90 bits per heavy atom. The molecule has 0 aliphatic heterocycles. The molecule has 0 aliphatic carbocycles. The van der Waals surface area contributed by atoms with Gasteiger partial charge < -0.3 is 9.30 Å². The number of hydrazone groups is 1. The van der Waals surface area contributed by atoms with Gasteiger partial charge in [-0.25, -0.2) is 5.43 Å². The van der Waals surface area contributed by atoms with Crippen molar-refractivity contribution in [2.45, 2.75) is 26.5 Å². The molecule has 0 unspecified atom stereocenters. The molecule has 0 radical (unpaired) electrons. The van der Waals surface area contributed by atoms with Crippen LogP contribution in [-0.2, 0) is 6.54 Å². The average Bonchev–Trinajstić information content (AvgIpc) is 2.73. The number of hydrogen-bond donors (Lipinski definition) is 1. The van der Waals surface area contributed by atoms with E-state index in [2.05, 4.69) is 10.5 Å². The fourth-order valence-electron chi connectivity index (χ4n) is 2.79. The minimum absolute atomic E-state index is 0.00548. The monoisotopic (exact) mass is 457 g/mol. The van der Waals surface area contributed by atoms with E-state index in [0.717, 1.165) is 5.56 Å². The van der Waals surface area contributed by atoms with Crippen LogP contribution in [0.2, 0.25) is 10.0 Å². The standard InChI is InChI=1S/C23H21Cl2N3O3/c1-15(2)31-21-10-7-17(12-20(21)25)13-26-27-22(29)19-4-3-11-28(23(19)30)14-16-5-8-18(24)9-6-16/h3-13,15H,14H2,1-2H3,(H,27,29)/b26-13-. The quantitative estimate of drug-likeness (QED) is 0.410. The molecule has 3 aromatic rings. The Hall–Kier alpha value is -3.09. The highest BCUT2D eigenvalue weighted by Gasteiger charge is 2.12. The Morgan fingerprint density at radius 1 is 1.16 bits per heavy atom. The second kappa shape index (κ2) is 10.3. The van der Waals surface area contributed by atoms with Gasteiger partial charge in [-0.15, -0.1) is 0 Å². The van der Waals surface area contributed by atoms with E-state index in [4.69, 9.17) is 27.9 Å². The molecule has 0 saturated carbocycles. The van der Waals surface area contributed by atoms with Crippen LogP contribution in [0.4, 0.5) is 0 Å². The summed E-state index contributed by atoms with van der Waals surface area (Å²) in [4.78, 5) is 25.1. The molecule has 0 spiro atoms. The van der Waals surface area contributed by atoms with E-state index in [0.29, 0.717) is 27.9 Å². The number of carbonyl (C=O) groups excluding carboxylic acids is 1. The van der Waals surface area contributed by atoms with E-state index in [1.807, 2.05) is 26.0 Å². The van der Waals surface area contributed by atoms with Gasteiger partial charge in [-0.2, -0.15) is 5.10 Å². The van der Waals surface area contributed by atoms with Gasteiger partial charge in [0.25, 0.3) is 11.5 Å². The van der Waals surface area contributed by atoms with E-state index in [1.54, 1.807) is 42.6 Å². The van der Waals surface area contributed by atoms with Crippen LogP contribution in [0.15, 0.2) is 70.7 Å². The van der Waals surface area contributed by atoms with E-state index < -0.39 is 11.5 Å². The third-order valence-electron chi connectivity index (χ3n) is 4.23. The predicted octanol–water partition coefficient (Wildman–Crippen LogP) is 4.75. The number of hydrogen-bond acceptors (Lipinski definition) is 4. The zero-order valence-electron chi connectivity index (χ0n) is 17.0. The van der Waals surface area contributed by atoms with Gasteiger partial charge in [0.05, 0.1) is 23.9 Å². The Labute approximate surface area is 190 Å². The molecule has 1 amide bonds. The fraction of sp³-hybridized carbons (Fsp3) is 0.174. The highest BCUT2D eigenvalue weighted by molar-refractivity contribution is 6.32. The molecular formula is C23H21Cl2N3O3. The first-order valence-corrected chi connectivity index (χ1v) is 10.3. The van der Waals surface area contributed by atoms with Gasteiger partial charge in [-0.3, -0.25) is 9.59 Å². The van der Waals surface area contributed by atoms with Crippen molar-refractivity contribution in [3.8, 4) is 5.75 Å². The fourth-order valence-corrected chi connectivity index (χ4v) is 3.15. The Balaban J connectivity index is 1.68. The first-order chi connectivity index (χ1) is 14.8. The lowest BCUT2D eigenvalue weighted by atomic mass is 10.2. The Kier molecular flexibility index (Phi) is 7.50. The maximum Gasteiger partial charge on any atom is 0.276 e. The average molecular weight is 458 g/mol. The smallest absolute Gasteiger partial charge is 0.276 e. The van der Waals surface area contributed by atoms with Crippen LogP contribution >= 0.6 is 23.2 Å². The number of nitrogens with one attached hydrogen (secondary N) is 1. The zero-order valence-corrected chi connectivity index (χ0v) is 18.5. The molecular weight excluding hydrogens is 437 g/mol. The van der Waals surface area contributed by atoms with Crippen molar-refractivity contribution < 1.29 is 9.53 Å². The van der Waals surface area contributed by atoms with Crippen LogP contribution in [0.25, 0.3) is 0 Å². The molecule has 0 bridgehead atoms. The van der Waals surface area contributed by atoms with Crippen molar-refractivity contribution in [2.75, 3.05) is 0 Å². The van der Waals surface area contributed by atoms with Crippen molar-refractivity contribution in [3.63, 3.8) is 0 Å². The molecule has 0 aliphatic rings. The van der Waals surface area contributed by atoms with E-state index in [1.165, 1.54) is 16.8 Å². The summed E-state index contributed by atoms with van der Waals surface area (Å²) >= 11 is 12.1. The second-order valence-corrected chi connectivity index (χ2v) is 7.88. The predicted molar refractivity (Wildman–Crippen MR) is 124 cm³/mol. The summed E-state index contributed by atoms with van der Waals surface area (Å²) in [6.45, 7) is 4.15. The molecule has 0 fully saturated rings. The molecule has 6 nitrogen and oxygen atoms in total. The molecule has 1 heterocycles. The van der Waals surface area contributed by atoms with Gasteiger partial charge in [0.2, 0.25) is 0 Å². The minimum Gasteiger partial charge on any atom is -0.489 e. The van der Waals surface area contributed by atoms with Crippen molar-refractivity contribution in [3.05, 3.63) is 97.9 Å². The van der Waals surface area contributed by atoms with Crippen molar-refractivity contribution in [1.82, 2.24) is 9.99 Å². The lowest BCUT2D eigenvalue weighted by Gasteiger charge is -2.11. The molecule has 3 rings (SSSR count). The normalized spacial score (nSPS) is 11.1. The van der Waals surface area contributed by atoms with Crippen LogP contribution in [0.5, 0.6) is 5.75 Å². The summed E-state index contributed by atoms with van der Waals surface area (Å²) in [6.07, 6.45) is 3.07. The van der Waals surface area contributed by atoms with Crippen LogP contribution < -0.4 is 15.7 Å². The van der Waals surface area contributed by atoms with Crippen LogP contribution in [0, 0.1) is 0 Å². The zero-order chi connectivity index (χ0) is 22.4. The SMILES string of the molecule is CC(C)Oc1ccc(/C=N\NC(=O)c2cccn(Cc3ccc(Cl)cc3)c2=O)cc1Cl. The third-order valence-corrected chi connectivity index (χ3v) is 4.78. The number of ether oxygens (including phenoxy) is 1. The molecule has 160 valence electrons. The van der Waals surface area contributed by atoms with Gasteiger partial charge in [-0.05, 0) is 67.4 Å². The van der Waals surface area contributed by atoms with Crippen molar-refractivity contribution >= 4 is 35.3 Å². The number of carbonyl (C=O) groups is 1. The molecule has 1 N–H and O–H groups in total. The molecule has 1 aromatic heterocycles. The Bertz CT molecular complexity index is 1160. The summed E-state index contributed by atoms with van der Waals surface area (Å²) in [5.74, 6) is -0.0269. The van der Waals surface area contributed by atoms with Gasteiger partial charge in [0.15, 0.2) is 0 Å². The second-order valence-electron chi connectivity index (χ2n) is 7.04. The number of rotatable bonds is 7. The first kappa shape index (κ1) is 22.6. The molecule has 2 aromatic carbocycles. The number of aromatic nitrogens is 1. The molecule has 0 saturated heterocycles. The lowest BCUT2D eigenvalue weighted by Crippen LogP contribution is -2.30. The van der Waals surface area contributed by atoms with Crippen LogP contribution in [-0.4, -0.2) is 22.8 Å². The first-order valence-electron chi connectivity index (χ1n) is 9.57. The van der Waals surface area contributed by atoms with Gasteiger partial charge >= 0.3 is 0 Å². The largest absolute Gasteiger partial charge is 0.489 e. The maximum absolute atomic E-state index is 12.7. The number of amides is 1. The number of nitrogens with zero attached hydrogens (tertiary/aromatic N) is 2. The molecule has 0 atom stereocenters. The third kappa shape index (κ3) is 6.20. The highest BCUT2D eigenvalue weighted by atomic mass is 35.5. The van der Waals surface area contributed by atoms with Gasteiger partial charge in [-0.1, -0.05) is 35.3 Å². The minimum atomic E-state index is -0.599. The summed E-state index contributed by atoms with van der Waals surface area (Å²) in [7, 11) is 0. The summed E-state index contributed by atoms with van der Waals surface area (Å²) in [6, 6.07) is 15.4. The lowest BCUT2D eigenvalue weighted by molar-refractivity contribution is 0.0953. The van der Waals surface area contributed by atoms with E-state index >= 15 is 0 Å². The molecule has 8 heteroatoms. The van der Waals surface area contributed by atoms with E-state index in [-0.39, 0.29) is 11.7 Å². The number of halogens is 2.